The first-order chi connectivity index (χ1) is 13.1. The van der Waals surface area contributed by atoms with Crippen molar-refractivity contribution in [1.82, 2.24) is 10.4 Å². The maximum Gasteiger partial charge on any atom is 0.167 e. The van der Waals surface area contributed by atoms with Gasteiger partial charge in [0.1, 0.15) is 10.3 Å². The third-order valence-electron chi connectivity index (χ3n) is 5.01. The van der Waals surface area contributed by atoms with Crippen molar-refractivity contribution >= 4 is 28.9 Å². The van der Waals surface area contributed by atoms with Gasteiger partial charge in [0.05, 0.1) is 25.5 Å². The van der Waals surface area contributed by atoms with Crippen LogP contribution in [0.25, 0.3) is 0 Å². The molecular weight excluding hydrogens is 385 g/mol. The lowest BCUT2D eigenvalue weighted by molar-refractivity contribution is 0.198. The third-order valence-corrected chi connectivity index (χ3v) is 5.39. The number of pyridine rings is 1. The van der Waals surface area contributed by atoms with E-state index >= 15 is 0 Å². The lowest BCUT2D eigenvalue weighted by Gasteiger charge is -2.24. The minimum absolute atomic E-state index is 0.255. The van der Waals surface area contributed by atoms with Crippen molar-refractivity contribution in [2.75, 3.05) is 7.11 Å². The molecule has 1 fully saturated rings. The van der Waals surface area contributed by atoms with Gasteiger partial charge in [-0.3, -0.25) is 0 Å². The quantitative estimate of drug-likeness (QED) is 0.727. The molecule has 2 aliphatic rings. The Morgan fingerprint density at radius 3 is 2.59 bits per heavy atom. The highest BCUT2D eigenvalue weighted by Gasteiger charge is 2.25. The highest BCUT2D eigenvalue weighted by atomic mass is 35.5. The van der Waals surface area contributed by atoms with Crippen LogP contribution in [0.1, 0.15) is 42.4 Å². The molecule has 4 rings (SSSR count). The van der Waals surface area contributed by atoms with E-state index in [0.29, 0.717) is 23.3 Å². The van der Waals surface area contributed by atoms with Gasteiger partial charge in [0.25, 0.3) is 0 Å². The Bertz CT molecular complexity index is 860. The number of fused-ring (bicyclic) bond motifs is 1. The first-order valence-electron chi connectivity index (χ1n) is 9.12. The van der Waals surface area contributed by atoms with Gasteiger partial charge in [0.15, 0.2) is 11.5 Å². The van der Waals surface area contributed by atoms with Gasteiger partial charge in [0.2, 0.25) is 0 Å². The number of benzene rings is 1. The largest absolute Gasteiger partial charge is 0.493 e. The van der Waals surface area contributed by atoms with Crippen LogP contribution < -0.4 is 14.9 Å². The molecule has 1 aliphatic carbocycles. The average molecular weight is 406 g/mol. The molecule has 7 heteroatoms. The molecule has 2 heterocycles. The monoisotopic (exact) mass is 405 g/mol. The molecule has 2 aromatic rings. The summed E-state index contributed by atoms with van der Waals surface area (Å²) in [7, 11) is 1.68. The molecule has 0 radical (unpaired) electrons. The standard InChI is InChI=1S/C20H21Cl2N3O2/c1-26-17-7-6-14-15(20(17)27-13-4-2-3-5-13)11-23-25-16(14)8-12-9-18(21)24-19(22)10-12/h6-7,9-10,13,23H,2-5,8,11H2,1H3. The smallest absolute Gasteiger partial charge is 0.167 e. The van der Waals surface area contributed by atoms with Crippen molar-refractivity contribution in [1.29, 1.82) is 0 Å². The van der Waals surface area contributed by atoms with Crippen molar-refractivity contribution < 1.29 is 9.47 Å². The van der Waals surface area contributed by atoms with Gasteiger partial charge in [0, 0.05) is 17.5 Å². The number of methoxy groups -OCH3 is 1. The van der Waals surface area contributed by atoms with Gasteiger partial charge in [-0.2, -0.15) is 5.10 Å². The molecule has 1 saturated carbocycles. The molecule has 0 amide bonds. The number of ether oxygens (including phenoxy) is 2. The Kier molecular flexibility index (Phi) is 5.41. The summed E-state index contributed by atoms with van der Waals surface area (Å²) in [6.07, 6.45) is 5.47. The summed E-state index contributed by atoms with van der Waals surface area (Å²) < 4.78 is 11.9. The normalized spacial score (nSPS) is 16.5. The van der Waals surface area contributed by atoms with Crippen LogP contribution in [0.2, 0.25) is 10.3 Å². The molecule has 27 heavy (non-hydrogen) atoms. The van der Waals surface area contributed by atoms with Gasteiger partial charge in [-0.05, 0) is 55.5 Å². The van der Waals surface area contributed by atoms with Crippen LogP contribution in [-0.4, -0.2) is 23.9 Å². The Morgan fingerprint density at radius 2 is 1.89 bits per heavy atom. The lowest BCUT2D eigenvalue weighted by atomic mass is 9.96. The Labute approximate surface area is 168 Å². The zero-order valence-corrected chi connectivity index (χ0v) is 16.6. The maximum atomic E-state index is 6.36. The number of aromatic nitrogens is 1. The fourth-order valence-electron chi connectivity index (χ4n) is 3.73. The van der Waals surface area contributed by atoms with Crippen LogP contribution in [0.3, 0.4) is 0 Å². The summed E-state index contributed by atoms with van der Waals surface area (Å²) >= 11 is 12.1. The summed E-state index contributed by atoms with van der Waals surface area (Å²) in [4.78, 5) is 4.00. The van der Waals surface area contributed by atoms with Gasteiger partial charge < -0.3 is 14.9 Å². The molecule has 0 bridgehead atoms. The predicted molar refractivity (Wildman–Crippen MR) is 107 cm³/mol. The SMILES string of the molecule is COc1ccc2c(c1OC1CCCC1)CNN=C2Cc1cc(Cl)nc(Cl)c1. The second-order valence-corrected chi connectivity index (χ2v) is 7.61. The molecule has 5 nitrogen and oxygen atoms in total. The number of hydrazone groups is 1. The molecular formula is C20H21Cl2N3O2. The first-order valence-corrected chi connectivity index (χ1v) is 9.88. The zero-order chi connectivity index (χ0) is 18.8. The zero-order valence-electron chi connectivity index (χ0n) is 15.1. The highest BCUT2D eigenvalue weighted by Crippen LogP contribution is 2.38. The van der Waals surface area contributed by atoms with E-state index in [1.165, 1.54) is 12.8 Å². The molecule has 142 valence electrons. The minimum Gasteiger partial charge on any atom is -0.493 e. The molecule has 0 atom stereocenters. The summed E-state index contributed by atoms with van der Waals surface area (Å²) in [5.41, 5.74) is 7.14. The lowest BCUT2D eigenvalue weighted by Crippen LogP contribution is -2.24. The van der Waals surface area contributed by atoms with Gasteiger partial charge in [-0.15, -0.1) is 0 Å². The minimum atomic E-state index is 0.255. The van der Waals surface area contributed by atoms with Crippen LogP contribution in [0, 0.1) is 0 Å². The molecule has 0 spiro atoms. The van der Waals surface area contributed by atoms with Crippen LogP contribution in [0.5, 0.6) is 11.5 Å². The summed E-state index contributed by atoms with van der Waals surface area (Å²) in [6, 6.07) is 7.61. The van der Waals surface area contributed by atoms with Gasteiger partial charge in [-0.1, -0.05) is 23.2 Å². The number of halogens is 2. The van der Waals surface area contributed by atoms with Crippen molar-refractivity contribution in [3.05, 3.63) is 51.3 Å². The topological polar surface area (TPSA) is 55.7 Å². The number of nitrogens with one attached hydrogen (secondary N) is 1. The summed E-state index contributed by atoms with van der Waals surface area (Å²) in [5, 5.41) is 5.27. The molecule has 1 aliphatic heterocycles. The van der Waals surface area contributed by atoms with Crippen molar-refractivity contribution in [2.24, 2.45) is 5.10 Å². The number of nitrogens with zero attached hydrogens (tertiary/aromatic N) is 2. The molecule has 0 saturated heterocycles. The van der Waals surface area contributed by atoms with Gasteiger partial charge >= 0.3 is 0 Å². The predicted octanol–water partition coefficient (Wildman–Crippen LogP) is 4.77. The number of hydrogen-bond donors (Lipinski definition) is 1. The number of rotatable bonds is 5. The summed E-state index contributed by atoms with van der Waals surface area (Å²) in [5.74, 6) is 1.59. The van der Waals surface area contributed by atoms with E-state index in [4.69, 9.17) is 32.7 Å². The van der Waals surface area contributed by atoms with Crippen molar-refractivity contribution in [2.45, 2.75) is 44.8 Å². The van der Waals surface area contributed by atoms with Crippen LogP contribution >= 0.6 is 23.2 Å². The second kappa shape index (κ2) is 7.95. The Morgan fingerprint density at radius 1 is 1.15 bits per heavy atom. The van der Waals surface area contributed by atoms with Crippen LogP contribution in [0.4, 0.5) is 0 Å². The van der Waals surface area contributed by atoms with E-state index in [9.17, 15) is 0 Å². The first kappa shape index (κ1) is 18.4. The molecule has 1 N–H and O–H groups in total. The van der Waals surface area contributed by atoms with Crippen molar-refractivity contribution in [3.8, 4) is 11.5 Å². The Hall–Kier alpha value is -1.98. The number of hydrogen-bond acceptors (Lipinski definition) is 5. The Balaban J connectivity index is 1.67. The molecule has 1 aromatic heterocycles. The average Bonchev–Trinajstić information content (AvgIpc) is 3.15. The van der Waals surface area contributed by atoms with Gasteiger partial charge in [-0.25, -0.2) is 4.98 Å². The third kappa shape index (κ3) is 3.99. The fourth-order valence-corrected chi connectivity index (χ4v) is 4.24. The van der Waals surface area contributed by atoms with E-state index < -0.39 is 0 Å². The van der Waals surface area contributed by atoms with Crippen molar-refractivity contribution in [3.63, 3.8) is 0 Å². The van der Waals surface area contributed by atoms with E-state index in [1.54, 1.807) is 7.11 Å². The van der Waals surface area contributed by atoms with E-state index in [-0.39, 0.29) is 6.10 Å². The molecule has 0 unspecified atom stereocenters. The summed E-state index contributed by atoms with van der Waals surface area (Å²) in [6.45, 7) is 0.607. The second-order valence-electron chi connectivity index (χ2n) is 6.84. The van der Waals surface area contributed by atoms with E-state index in [2.05, 4.69) is 15.5 Å². The van der Waals surface area contributed by atoms with Crippen LogP contribution in [-0.2, 0) is 13.0 Å². The van der Waals surface area contributed by atoms with E-state index in [0.717, 1.165) is 46.7 Å². The fraction of sp³-hybridized carbons (Fsp3) is 0.400. The molecule has 1 aromatic carbocycles. The maximum absolute atomic E-state index is 6.36. The van der Waals surface area contributed by atoms with Crippen LogP contribution in [0.15, 0.2) is 29.4 Å². The van der Waals surface area contributed by atoms with E-state index in [1.807, 2.05) is 24.3 Å². The highest BCUT2D eigenvalue weighted by molar-refractivity contribution is 6.32.